The molecular weight excluding hydrogens is 482 g/mol. The Morgan fingerprint density at radius 3 is 2.24 bits per heavy atom. The highest BCUT2D eigenvalue weighted by Gasteiger charge is 2.37. The highest BCUT2D eigenvalue weighted by Crippen LogP contribution is 2.29. The van der Waals surface area contributed by atoms with Gasteiger partial charge < -0.3 is 25.4 Å². The maximum absolute atomic E-state index is 13.9. The molecule has 0 aliphatic rings. The van der Waals surface area contributed by atoms with Crippen molar-refractivity contribution in [2.75, 3.05) is 18.5 Å². The molecule has 0 heterocycles. The van der Waals surface area contributed by atoms with E-state index in [0.717, 1.165) is 29.5 Å². The monoisotopic (exact) mass is 525 g/mol. The molecule has 0 aliphatic carbocycles. The molecule has 3 N–H and O–H groups in total. The van der Waals surface area contributed by atoms with Crippen LogP contribution in [0.15, 0.2) is 42.5 Å². The van der Waals surface area contributed by atoms with Gasteiger partial charge in [0.25, 0.3) is 5.91 Å². The summed E-state index contributed by atoms with van der Waals surface area (Å²) in [4.78, 5) is 41.8. The van der Waals surface area contributed by atoms with Crippen LogP contribution in [0.3, 0.4) is 0 Å². The first-order chi connectivity index (χ1) is 17.9. The summed E-state index contributed by atoms with van der Waals surface area (Å²) >= 11 is 0. The number of nitrogens with one attached hydrogen (secondary N) is 2. The minimum absolute atomic E-state index is 0.276. The van der Waals surface area contributed by atoms with E-state index in [4.69, 9.17) is 4.74 Å². The van der Waals surface area contributed by atoms with Crippen molar-refractivity contribution in [3.8, 4) is 0 Å². The van der Waals surface area contributed by atoms with Crippen LogP contribution in [0.2, 0.25) is 0 Å². The topological polar surface area (TPSA) is 108 Å². The largest absolute Gasteiger partial charge is 0.444 e. The number of carbonyl (C=O) groups excluding carboxylic acids is 3. The number of alkyl carbamates (subject to hydrolysis) is 1. The second-order valence-electron chi connectivity index (χ2n) is 10.6. The molecule has 8 nitrogen and oxygen atoms in total. The van der Waals surface area contributed by atoms with Crippen LogP contribution in [0, 0.1) is 20.8 Å². The summed E-state index contributed by atoms with van der Waals surface area (Å²) in [5.74, 6) is -0.924. The van der Waals surface area contributed by atoms with E-state index in [0.29, 0.717) is 17.7 Å². The standard InChI is InChI=1S/C30H43N3O5/c1-8-9-12-18-33(28(36)25(19-34)32-29(37)38-30(5,6)7)26(23-16-13-15-20(2)22(23)4)27(35)31-24-17-11-10-14-21(24)3/h10-11,13-17,25-26,34H,8-9,12,18-19H2,1-7H3,(H,31,35)(H,32,37). The van der Waals surface area contributed by atoms with Gasteiger partial charge in [0.2, 0.25) is 5.91 Å². The van der Waals surface area contributed by atoms with Crippen LogP contribution in [-0.4, -0.2) is 52.7 Å². The van der Waals surface area contributed by atoms with Gasteiger partial charge in [-0.15, -0.1) is 0 Å². The highest BCUT2D eigenvalue weighted by molar-refractivity contribution is 5.99. The van der Waals surface area contributed by atoms with E-state index in [9.17, 15) is 19.5 Å². The number of benzene rings is 2. The maximum Gasteiger partial charge on any atom is 0.408 e. The molecule has 2 atom stereocenters. The summed E-state index contributed by atoms with van der Waals surface area (Å²) < 4.78 is 5.31. The number of aliphatic hydroxyl groups excluding tert-OH is 1. The lowest BCUT2D eigenvalue weighted by Crippen LogP contribution is -2.54. The van der Waals surface area contributed by atoms with E-state index < -0.39 is 36.3 Å². The number of carbonyl (C=O) groups is 3. The molecule has 0 spiro atoms. The quantitative estimate of drug-likeness (QED) is 0.350. The van der Waals surface area contributed by atoms with Crippen molar-refractivity contribution >= 4 is 23.6 Å². The van der Waals surface area contributed by atoms with Gasteiger partial charge in [-0.1, -0.05) is 56.2 Å². The second-order valence-corrected chi connectivity index (χ2v) is 10.6. The molecule has 0 aliphatic heterocycles. The first kappa shape index (κ1) is 30.8. The number of nitrogens with zero attached hydrogens (tertiary/aromatic N) is 1. The van der Waals surface area contributed by atoms with E-state index >= 15 is 0 Å². The number of amides is 3. The Morgan fingerprint density at radius 1 is 0.974 bits per heavy atom. The minimum Gasteiger partial charge on any atom is -0.444 e. The van der Waals surface area contributed by atoms with Gasteiger partial charge in [-0.25, -0.2) is 4.79 Å². The molecule has 0 bridgehead atoms. The number of hydrogen-bond acceptors (Lipinski definition) is 5. The van der Waals surface area contributed by atoms with E-state index in [-0.39, 0.29) is 12.5 Å². The summed E-state index contributed by atoms with van der Waals surface area (Å²) in [5, 5.41) is 15.6. The number of ether oxygens (including phenoxy) is 1. The van der Waals surface area contributed by atoms with Crippen molar-refractivity contribution in [3.05, 3.63) is 64.7 Å². The second kappa shape index (κ2) is 14.0. The first-order valence-corrected chi connectivity index (χ1v) is 13.2. The van der Waals surface area contributed by atoms with Gasteiger partial charge in [-0.2, -0.15) is 0 Å². The van der Waals surface area contributed by atoms with Crippen LogP contribution in [0.5, 0.6) is 0 Å². The number of unbranched alkanes of at least 4 members (excludes halogenated alkanes) is 2. The molecule has 38 heavy (non-hydrogen) atoms. The zero-order chi connectivity index (χ0) is 28.5. The normalized spacial score (nSPS) is 12.8. The number of aliphatic hydroxyl groups is 1. The SMILES string of the molecule is CCCCCN(C(=O)C(CO)NC(=O)OC(C)(C)C)C(C(=O)Nc1ccccc1C)c1cccc(C)c1C. The summed E-state index contributed by atoms with van der Waals surface area (Å²) in [7, 11) is 0. The summed E-state index contributed by atoms with van der Waals surface area (Å²) in [5.41, 5.74) is 3.34. The molecular formula is C30H43N3O5. The third-order valence-electron chi connectivity index (χ3n) is 6.36. The molecule has 0 aromatic heterocycles. The Kier molecular flexibility index (Phi) is 11.3. The lowest BCUT2D eigenvalue weighted by molar-refractivity contribution is -0.141. The van der Waals surface area contributed by atoms with Crippen LogP contribution >= 0.6 is 0 Å². The molecule has 0 saturated carbocycles. The number of para-hydroxylation sites is 1. The summed E-state index contributed by atoms with van der Waals surface area (Å²) in [6.45, 7) is 12.6. The average Bonchev–Trinajstić information content (AvgIpc) is 2.84. The Hall–Kier alpha value is -3.39. The lowest BCUT2D eigenvalue weighted by Gasteiger charge is -2.35. The van der Waals surface area contributed by atoms with Crippen LogP contribution in [0.25, 0.3) is 0 Å². The number of rotatable bonds is 11. The molecule has 2 rings (SSSR count). The lowest BCUT2D eigenvalue weighted by atomic mass is 9.94. The van der Waals surface area contributed by atoms with E-state index in [2.05, 4.69) is 17.6 Å². The molecule has 0 saturated heterocycles. The van der Waals surface area contributed by atoms with E-state index in [1.54, 1.807) is 20.8 Å². The fourth-order valence-electron chi connectivity index (χ4n) is 4.17. The van der Waals surface area contributed by atoms with Crippen molar-refractivity contribution in [1.29, 1.82) is 0 Å². The number of aryl methyl sites for hydroxylation is 2. The molecule has 8 heteroatoms. The zero-order valence-corrected chi connectivity index (χ0v) is 23.8. The summed E-state index contributed by atoms with van der Waals surface area (Å²) in [6, 6.07) is 10.9. The average molecular weight is 526 g/mol. The Bertz CT molecular complexity index is 1110. The van der Waals surface area contributed by atoms with E-state index in [1.165, 1.54) is 4.90 Å². The predicted octanol–water partition coefficient (Wildman–Crippen LogP) is 5.20. The molecule has 208 valence electrons. The van der Waals surface area contributed by atoms with E-state index in [1.807, 2.05) is 63.2 Å². The Balaban J connectivity index is 2.55. The van der Waals surface area contributed by atoms with Crippen molar-refractivity contribution in [2.45, 2.75) is 85.4 Å². The molecule has 2 unspecified atom stereocenters. The minimum atomic E-state index is -1.27. The number of hydrogen-bond donors (Lipinski definition) is 3. The molecule has 2 aromatic carbocycles. The maximum atomic E-state index is 13.9. The van der Waals surface area contributed by atoms with Gasteiger partial charge in [-0.3, -0.25) is 9.59 Å². The fraction of sp³-hybridized carbons (Fsp3) is 0.500. The molecule has 3 amide bonds. The summed E-state index contributed by atoms with van der Waals surface area (Å²) in [6.07, 6.45) is 1.62. The van der Waals surface area contributed by atoms with Gasteiger partial charge in [-0.05, 0) is 76.3 Å². The van der Waals surface area contributed by atoms with Crippen LogP contribution in [0.4, 0.5) is 10.5 Å². The number of anilines is 1. The van der Waals surface area contributed by atoms with Crippen molar-refractivity contribution in [1.82, 2.24) is 10.2 Å². The Labute approximate surface area is 226 Å². The highest BCUT2D eigenvalue weighted by atomic mass is 16.6. The van der Waals surface area contributed by atoms with Crippen LogP contribution < -0.4 is 10.6 Å². The smallest absolute Gasteiger partial charge is 0.408 e. The van der Waals surface area contributed by atoms with Crippen molar-refractivity contribution in [3.63, 3.8) is 0 Å². The molecule has 2 aromatic rings. The fourth-order valence-corrected chi connectivity index (χ4v) is 4.17. The van der Waals surface area contributed by atoms with Crippen molar-refractivity contribution < 1.29 is 24.2 Å². The van der Waals surface area contributed by atoms with Gasteiger partial charge in [0.1, 0.15) is 17.7 Å². The predicted molar refractivity (Wildman–Crippen MR) is 150 cm³/mol. The van der Waals surface area contributed by atoms with Gasteiger partial charge in [0.15, 0.2) is 0 Å². The third-order valence-corrected chi connectivity index (χ3v) is 6.36. The van der Waals surface area contributed by atoms with Gasteiger partial charge in [0, 0.05) is 12.2 Å². The van der Waals surface area contributed by atoms with Gasteiger partial charge in [0.05, 0.1) is 6.61 Å². The molecule has 0 fully saturated rings. The van der Waals surface area contributed by atoms with Crippen LogP contribution in [0.1, 0.15) is 75.3 Å². The third kappa shape index (κ3) is 8.58. The van der Waals surface area contributed by atoms with Crippen LogP contribution in [-0.2, 0) is 14.3 Å². The first-order valence-electron chi connectivity index (χ1n) is 13.2. The van der Waals surface area contributed by atoms with Crippen molar-refractivity contribution in [2.24, 2.45) is 0 Å². The zero-order valence-electron chi connectivity index (χ0n) is 23.8. The molecule has 0 radical (unpaired) electrons. The van der Waals surface area contributed by atoms with Gasteiger partial charge >= 0.3 is 6.09 Å². The Morgan fingerprint density at radius 2 is 1.63 bits per heavy atom.